The van der Waals surface area contributed by atoms with E-state index in [4.69, 9.17) is 9.98 Å². The van der Waals surface area contributed by atoms with Gasteiger partial charge in [0.15, 0.2) is 5.82 Å². The molecule has 4 aromatic carbocycles. The second-order valence-corrected chi connectivity index (χ2v) is 12.6. The Morgan fingerprint density at radius 2 is 1.22 bits per heavy atom. The average molecular weight is 653 g/mol. The van der Waals surface area contributed by atoms with Crippen LogP contribution in [0.1, 0.15) is 28.4 Å². The molecule has 0 fully saturated rings. The zero-order valence-corrected chi connectivity index (χ0v) is 26.8. The summed E-state index contributed by atoms with van der Waals surface area (Å²) in [6, 6.07) is 41.9. The van der Waals surface area contributed by atoms with Gasteiger partial charge < -0.3 is 9.55 Å². The SMILES string of the molecule is Fc1c(-c2ccccc2)c2n(-c3ccccc3)c1/C=C1/C=CC(=N1)/C=c1/cc/c([nH]1)=C/C1=NC(F)(C(c3ccccc3)=C1)C2c1ccccc1. The van der Waals surface area contributed by atoms with Gasteiger partial charge in [-0.05, 0) is 77.4 Å². The van der Waals surface area contributed by atoms with Crippen LogP contribution >= 0.6 is 0 Å². The van der Waals surface area contributed by atoms with E-state index in [1.54, 1.807) is 6.08 Å². The Morgan fingerprint density at radius 3 is 1.90 bits per heavy atom. The highest BCUT2D eigenvalue weighted by molar-refractivity contribution is 6.23. The van der Waals surface area contributed by atoms with Crippen LogP contribution < -0.4 is 10.7 Å². The Bertz CT molecular complexity index is 2540. The van der Waals surface area contributed by atoms with Crippen molar-refractivity contribution in [2.75, 3.05) is 0 Å². The number of hydrogen-bond donors (Lipinski definition) is 1. The highest BCUT2D eigenvalue weighted by Gasteiger charge is 2.50. The maximum Gasteiger partial charge on any atom is 0.238 e. The van der Waals surface area contributed by atoms with Crippen LogP contribution in [0.3, 0.4) is 0 Å². The molecule has 0 spiro atoms. The highest BCUT2D eigenvalue weighted by Crippen LogP contribution is 2.53. The molecule has 5 heterocycles. The van der Waals surface area contributed by atoms with Crippen molar-refractivity contribution in [3.05, 3.63) is 196 Å². The summed E-state index contributed by atoms with van der Waals surface area (Å²) in [6.07, 6.45) is 11.1. The number of benzene rings is 4. The van der Waals surface area contributed by atoms with Crippen molar-refractivity contribution in [1.82, 2.24) is 9.55 Å². The van der Waals surface area contributed by atoms with Gasteiger partial charge >= 0.3 is 0 Å². The monoisotopic (exact) mass is 652 g/mol. The van der Waals surface area contributed by atoms with Gasteiger partial charge in [0, 0.05) is 33.2 Å². The number of alkyl halides is 1. The Balaban J connectivity index is 1.47. The van der Waals surface area contributed by atoms with E-state index in [2.05, 4.69) is 4.98 Å². The Kier molecular flexibility index (Phi) is 7.09. The summed E-state index contributed by atoms with van der Waals surface area (Å²) < 4.78 is 38.6. The first kappa shape index (κ1) is 29.7. The average Bonchev–Trinajstić information content (AvgIpc) is 3.93. The number of rotatable bonds is 4. The molecule has 2 atom stereocenters. The van der Waals surface area contributed by atoms with Crippen molar-refractivity contribution in [2.45, 2.75) is 11.7 Å². The van der Waals surface area contributed by atoms with E-state index in [-0.39, 0.29) is 5.69 Å². The number of aliphatic imine (C=N–C) groups is 2. The van der Waals surface area contributed by atoms with Gasteiger partial charge in [-0.1, -0.05) is 109 Å². The molecule has 0 radical (unpaired) electrons. The lowest BCUT2D eigenvalue weighted by Gasteiger charge is -2.33. The molecule has 0 saturated heterocycles. The van der Waals surface area contributed by atoms with E-state index in [0.29, 0.717) is 50.6 Å². The first-order chi connectivity index (χ1) is 24.5. The molecule has 240 valence electrons. The molecule has 2 aromatic heterocycles. The van der Waals surface area contributed by atoms with Crippen molar-refractivity contribution in [1.29, 1.82) is 0 Å². The number of halogens is 2. The van der Waals surface area contributed by atoms with Gasteiger partial charge in [0.25, 0.3) is 0 Å². The van der Waals surface area contributed by atoms with Crippen molar-refractivity contribution >= 4 is 35.2 Å². The lowest BCUT2D eigenvalue weighted by molar-refractivity contribution is 0.228. The Labute approximate surface area is 287 Å². The third-order valence-corrected chi connectivity index (χ3v) is 9.40. The summed E-state index contributed by atoms with van der Waals surface area (Å²) in [6.45, 7) is 0. The molecule has 0 saturated carbocycles. The van der Waals surface area contributed by atoms with E-state index in [1.165, 1.54) is 0 Å². The number of nitrogens with one attached hydrogen (secondary N) is 1. The zero-order chi connectivity index (χ0) is 33.7. The van der Waals surface area contributed by atoms with E-state index < -0.39 is 17.5 Å². The van der Waals surface area contributed by atoms with Crippen LogP contribution in [0.15, 0.2) is 167 Å². The molecule has 6 heteroatoms. The van der Waals surface area contributed by atoms with Crippen LogP contribution in [0, 0.1) is 5.82 Å². The summed E-state index contributed by atoms with van der Waals surface area (Å²) in [5.74, 6) is -3.90. The summed E-state index contributed by atoms with van der Waals surface area (Å²) in [4.78, 5) is 13.2. The third kappa shape index (κ3) is 5.04. The lowest BCUT2D eigenvalue weighted by Crippen LogP contribution is -2.32. The summed E-state index contributed by atoms with van der Waals surface area (Å²) in [5.41, 5.74) is 5.87. The first-order valence-electron chi connectivity index (χ1n) is 16.6. The topological polar surface area (TPSA) is 45.4 Å². The van der Waals surface area contributed by atoms with Crippen molar-refractivity contribution in [2.24, 2.45) is 9.98 Å². The molecule has 9 rings (SSSR count). The molecule has 2 unspecified atom stereocenters. The Hall–Kier alpha value is -6.40. The summed E-state index contributed by atoms with van der Waals surface area (Å²) in [5, 5.41) is 1.61. The standard InChI is InChI=1S/C44H30F2N4/c45-42-39-28-35-24-23-33(48-35)25-32-21-22-34(47-32)26-36-27-38(29-13-5-1-6-14-29)44(46,49-36)41(31-17-9-3-10-18-31)43(40(42)30-15-7-2-8-16-30)50(39)37-19-11-4-12-20-37/h1-28,41,47H/b32-25-,34-26-,35-28-. The van der Waals surface area contributed by atoms with Crippen molar-refractivity contribution < 1.29 is 8.78 Å². The molecule has 50 heavy (non-hydrogen) atoms. The maximum atomic E-state index is 19.1. The van der Waals surface area contributed by atoms with Gasteiger partial charge in [0.2, 0.25) is 5.79 Å². The fourth-order valence-corrected chi connectivity index (χ4v) is 7.26. The third-order valence-electron chi connectivity index (χ3n) is 9.40. The minimum absolute atomic E-state index is 0.271. The summed E-state index contributed by atoms with van der Waals surface area (Å²) >= 11 is 0. The second-order valence-electron chi connectivity index (χ2n) is 12.6. The van der Waals surface area contributed by atoms with Crippen LogP contribution in [-0.2, 0) is 0 Å². The molecule has 6 aromatic rings. The number of H-pyrrole nitrogens is 1. The Morgan fingerprint density at radius 1 is 0.620 bits per heavy atom. The largest absolute Gasteiger partial charge is 0.355 e. The number of hydrogen-bond acceptors (Lipinski definition) is 2. The van der Waals surface area contributed by atoms with Crippen LogP contribution in [0.4, 0.5) is 8.78 Å². The molecule has 4 nitrogen and oxygen atoms in total. The van der Waals surface area contributed by atoms with E-state index >= 15 is 8.78 Å². The first-order valence-corrected chi connectivity index (χ1v) is 16.6. The molecule has 3 aliphatic rings. The van der Waals surface area contributed by atoms with Crippen molar-refractivity contribution in [3.63, 3.8) is 0 Å². The molecule has 3 aliphatic heterocycles. The maximum absolute atomic E-state index is 19.1. The summed E-state index contributed by atoms with van der Waals surface area (Å²) in [7, 11) is 0. The van der Waals surface area contributed by atoms with E-state index in [9.17, 15) is 0 Å². The van der Waals surface area contributed by atoms with Gasteiger partial charge in [0.1, 0.15) is 0 Å². The minimum atomic E-state index is -2.35. The van der Waals surface area contributed by atoms with Crippen LogP contribution in [0.2, 0.25) is 0 Å². The molecule has 0 aliphatic carbocycles. The van der Waals surface area contributed by atoms with Crippen molar-refractivity contribution in [3.8, 4) is 16.8 Å². The predicted molar refractivity (Wildman–Crippen MR) is 199 cm³/mol. The van der Waals surface area contributed by atoms with Gasteiger partial charge in [-0.2, -0.15) is 0 Å². The van der Waals surface area contributed by atoms with Crippen LogP contribution in [0.25, 0.3) is 40.6 Å². The zero-order valence-electron chi connectivity index (χ0n) is 26.8. The highest BCUT2D eigenvalue weighted by atomic mass is 19.1. The lowest BCUT2D eigenvalue weighted by atomic mass is 9.79. The molecular formula is C44H30F2N4. The smallest absolute Gasteiger partial charge is 0.238 e. The van der Waals surface area contributed by atoms with Gasteiger partial charge in [-0.3, -0.25) is 0 Å². The van der Waals surface area contributed by atoms with Crippen LogP contribution in [-0.4, -0.2) is 26.8 Å². The number of para-hydroxylation sites is 1. The fraction of sp³-hybridized carbons (Fsp3) is 0.0455. The second kappa shape index (κ2) is 11.9. The quantitative estimate of drug-likeness (QED) is 0.186. The molecule has 8 bridgehead atoms. The number of fused-ring (bicyclic) bond motifs is 6. The van der Waals surface area contributed by atoms with Gasteiger partial charge in [-0.15, -0.1) is 0 Å². The molecular weight excluding hydrogens is 623 g/mol. The fourth-order valence-electron chi connectivity index (χ4n) is 7.26. The van der Waals surface area contributed by atoms with Gasteiger partial charge in [-0.25, -0.2) is 18.8 Å². The number of aromatic amines is 1. The number of allylic oxidation sites excluding steroid dienone is 3. The van der Waals surface area contributed by atoms with E-state index in [1.807, 2.05) is 168 Å². The molecule has 1 N–H and O–H groups in total. The predicted octanol–water partition coefficient (Wildman–Crippen LogP) is 8.57. The van der Waals surface area contributed by atoms with E-state index in [0.717, 1.165) is 16.4 Å². The molecule has 0 amide bonds. The van der Waals surface area contributed by atoms with Crippen LogP contribution in [0.5, 0.6) is 0 Å². The number of aromatic nitrogens is 2. The number of nitrogens with zero attached hydrogens (tertiary/aromatic N) is 3. The normalized spacial score (nSPS) is 21.6. The minimum Gasteiger partial charge on any atom is -0.355 e. The van der Waals surface area contributed by atoms with Gasteiger partial charge in [0.05, 0.1) is 28.7 Å².